The van der Waals surface area contributed by atoms with Gasteiger partial charge < -0.3 is 15.0 Å². The molecule has 8 heteroatoms. The molecule has 0 atom stereocenters. The topological polar surface area (TPSA) is 88.4 Å². The first-order chi connectivity index (χ1) is 16.6. The molecule has 168 valence electrons. The number of thioether (sulfide) groups is 1. The molecular formula is C26H20N4O3S. The van der Waals surface area contributed by atoms with Gasteiger partial charge in [-0.2, -0.15) is 0 Å². The van der Waals surface area contributed by atoms with E-state index in [2.05, 4.69) is 20.1 Å². The fraction of sp³-hybridized carbons (Fsp3) is 0.0769. The van der Waals surface area contributed by atoms with Crippen molar-refractivity contribution in [2.75, 3.05) is 12.4 Å². The Morgan fingerprint density at radius 3 is 2.56 bits per heavy atom. The van der Waals surface area contributed by atoms with Gasteiger partial charge in [0.15, 0.2) is 5.16 Å². The van der Waals surface area contributed by atoms with E-state index in [4.69, 9.17) is 11.3 Å². The van der Waals surface area contributed by atoms with E-state index in [1.165, 1.54) is 11.8 Å². The van der Waals surface area contributed by atoms with Crippen molar-refractivity contribution in [3.8, 4) is 17.0 Å². The minimum absolute atomic E-state index is 0.0592. The van der Waals surface area contributed by atoms with Crippen molar-refractivity contribution >= 4 is 29.0 Å². The third kappa shape index (κ3) is 5.34. The Morgan fingerprint density at radius 1 is 1.09 bits per heavy atom. The molecule has 0 unspecified atom stereocenters. The molecule has 34 heavy (non-hydrogen) atoms. The van der Waals surface area contributed by atoms with Crippen molar-refractivity contribution in [1.82, 2.24) is 9.97 Å². The Bertz CT molecular complexity index is 1410. The Labute approximate surface area is 200 Å². The molecule has 1 aromatic heterocycles. The first-order valence-electron chi connectivity index (χ1n) is 10.3. The Hall–Kier alpha value is -4.35. The average Bonchev–Trinajstić information content (AvgIpc) is 2.88. The van der Waals surface area contributed by atoms with Gasteiger partial charge in [0.05, 0.1) is 19.4 Å². The minimum Gasteiger partial charge on any atom is -0.497 e. The summed E-state index contributed by atoms with van der Waals surface area (Å²) in [5.41, 5.74) is 2.68. The van der Waals surface area contributed by atoms with Crippen molar-refractivity contribution in [1.29, 1.82) is 0 Å². The molecule has 3 aromatic carbocycles. The number of nitrogens with zero attached hydrogens (tertiary/aromatic N) is 2. The summed E-state index contributed by atoms with van der Waals surface area (Å²) in [6.07, 6.45) is 0. The Morgan fingerprint density at radius 2 is 1.85 bits per heavy atom. The van der Waals surface area contributed by atoms with Crippen LogP contribution in [0.1, 0.15) is 15.9 Å². The van der Waals surface area contributed by atoms with Crippen LogP contribution in [0.15, 0.2) is 88.8 Å². The number of anilines is 1. The summed E-state index contributed by atoms with van der Waals surface area (Å²) < 4.78 is 5.25. The lowest BCUT2D eigenvalue weighted by Crippen LogP contribution is -2.11. The van der Waals surface area contributed by atoms with Gasteiger partial charge in [-0.15, -0.1) is 0 Å². The molecule has 0 spiro atoms. The van der Waals surface area contributed by atoms with Crippen LogP contribution in [0.4, 0.5) is 11.4 Å². The molecule has 1 heterocycles. The zero-order valence-corrected chi connectivity index (χ0v) is 19.1. The first-order valence-corrected chi connectivity index (χ1v) is 11.3. The second-order valence-electron chi connectivity index (χ2n) is 7.22. The van der Waals surface area contributed by atoms with E-state index in [9.17, 15) is 9.59 Å². The molecule has 0 saturated heterocycles. The SMILES string of the molecule is [C-]#[N+]c1c(-c2cccc(OC)c2)nc(SCc2ccc(NC(=O)c3ccccc3)cc2)[nH]c1=O. The molecule has 0 radical (unpaired) electrons. The molecule has 0 aliphatic carbocycles. The van der Waals surface area contributed by atoms with Gasteiger partial charge in [0, 0.05) is 17.0 Å². The lowest BCUT2D eigenvalue weighted by Gasteiger charge is -2.09. The van der Waals surface area contributed by atoms with Gasteiger partial charge in [0.1, 0.15) is 5.75 Å². The van der Waals surface area contributed by atoms with Crippen LogP contribution in [0.3, 0.4) is 0 Å². The molecule has 0 aliphatic rings. The average molecular weight is 469 g/mol. The number of carbonyl (C=O) groups is 1. The summed E-state index contributed by atoms with van der Waals surface area (Å²) >= 11 is 1.35. The predicted octanol–water partition coefficient (Wildman–Crippen LogP) is 5.54. The van der Waals surface area contributed by atoms with Gasteiger partial charge in [0.2, 0.25) is 0 Å². The summed E-state index contributed by atoms with van der Waals surface area (Å²) in [4.78, 5) is 35.4. The number of hydrogen-bond acceptors (Lipinski definition) is 5. The molecule has 2 N–H and O–H groups in total. The predicted molar refractivity (Wildman–Crippen MR) is 134 cm³/mol. The summed E-state index contributed by atoms with van der Waals surface area (Å²) in [5.74, 6) is 0.990. The van der Waals surface area contributed by atoms with Crippen LogP contribution in [0.2, 0.25) is 0 Å². The van der Waals surface area contributed by atoms with Gasteiger partial charge in [-0.1, -0.05) is 54.2 Å². The first kappa shape index (κ1) is 22.8. The molecular weight excluding hydrogens is 448 g/mol. The second-order valence-corrected chi connectivity index (χ2v) is 8.18. The molecule has 4 rings (SSSR count). The van der Waals surface area contributed by atoms with Gasteiger partial charge in [-0.05, 0) is 47.5 Å². The number of methoxy groups -OCH3 is 1. The van der Waals surface area contributed by atoms with Gasteiger partial charge in [-0.3, -0.25) is 9.59 Å². The largest absolute Gasteiger partial charge is 0.497 e. The maximum atomic E-state index is 12.5. The minimum atomic E-state index is -0.482. The van der Waals surface area contributed by atoms with Crippen molar-refractivity contribution in [2.45, 2.75) is 10.9 Å². The Kier molecular flexibility index (Phi) is 7.06. The highest BCUT2D eigenvalue weighted by molar-refractivity contribution is 7.98. The van der Waals surface area contributed by atoms with Crippen molar-refractivity contribution < 1.29 is 9.53 Å². The lowest BCUT2D eigenvalue weighted by atomic mass is 10.1. The quantitative estimate of drug-likeness (QED) is 0.211. The highest BCUT2D eigenvalue weighted by Crippen LogP contribution is 2.30. The highest BCUT2D eigenvalue weighted by Gasteiger charge is 2.15. The van der Waals surface area contributed by atoms with E-state index in [-0.39, 0.29) is 11.6 Å². The highest BCUT2D eigenvalue weighted by atomic mass is 32.2. The fourth-order valence-corrected chi connectivity index (χ4v) is 4.04. The van der Waals surface area contributed by atoms with Crippen LogP contribution < -0.4 is 15.6 Å². The van der Waals surface area contributed by atoms with Crippen LogP contribution in [0.25, 0.3) is 16.1 Å². The number of H-pyrrole nitrogens is 1. The summed E-state index contributed by atoms with van der Waals surface area (Å²) in [6.45, 7) is 7.40. The Balaban J connectivity index is 1.48. The summed E-state index contributed by atoms with van der Waals surface area (Å²) in [6, 6.07) is 23.6. The van der Waals surface area contributed by atoms with Gasteiger partial charge >= 0.3 is 0 Å². The van der Waals surface area contributed by atoms with E-state index in [0.29, 0.717) is 39.2 Å². The van der Waals surface area contributed by atoms with E-state index < -0.39 is 5.56 Å². The van der Waals surface area contributed by atoms with E-state index in [0.717, 1.165) is 5.56 Å². The normalized spacial score (nSPS) is 10.4. The number of carbonyl (C=O) groups excluding carboxylic acids is 1. The van der Waals surface area contributed by atoms with Gasteiger partial charge in [-0.25, -0.2) is 9.83 Å². The van der Waals surface area contributed by atoms with Gasteiger partial charge in [0.25, 0.3) is 17.2 Å². The number of rotatable bonds is 7. The van der Waals surface area contributed by atoms with E-state index >= 15 is 0 Å². The van der Waals surface area contributed by atoms with Crippen molar-refractivity contribution in [3.63, 3.8) is 0 Å². The fourth-order valence-electron chi connectivity index (χ4n) is 3.22. The number of aromatic amines is 1. The maximum Gasteiger partial charge on any atom is 0.276 e. The molecule has 0 aliphatic heterocycles. The number of nitrogens with one attached hydrogen (secondary N) is 2. The third-order valence-electron chi connectivity index (χ3n) is 4.95. The van der Waals surface area contributed by atoms with Crippen molar-refractivity contribution in [2.24, 2.45) is 0 Å². The summed E-state index contributed by atoms with van der Waals surface area (Å²) in [7, 11) is 1.56. The molecule has 0 saturated carbocycles. The van der Waals surface area contributed by atoms with Crippen LogP contribution in [0.5, 0.6) is 5.75 Å². The molecule has 0 bridgehead atoms. The molecule has 1 amide bonds. The number of hydrogen-bond donors (Lipinski definition) is 2. The second kappa shape index (κ2) is 10.5. The molecule has 0 fully saturated rings. The van der Waals surface area contributed by atoms with Crippen molar-refractivity contribution in [3.05, 3.63) is 112 Å². The maximum absolute atomic E-state index is 12.5. The zero-order chi connectivity index (χ0) is 23.9. The molecule has 4 aromatic rings. The zero-order valence-electron chi connectivity index (χ0n) is 18.2. The number of ether oxygens (including phenoxy) is 1. The monoisotopic (exact) mass is 468 g/mol. The van der Waals surface area contributed by atoms with Crippen LogP contribution in [0, 0.1) is 6.57 Å². The smallest absolute Gasteiger partial charge is 0.276 e. The summed E-state index contributed by atoms with van der Waals surface area (Å²) in [5, 5.41) is 3.28. The van der Waals surface area contributed by atoms with Crippen LogP contribution in [-0.4, -0.2) is 23.0 Å². The third-order valence-corrected chi connectivity index (χ3v) is 5.90. The molecule has 7 nitrogen and oxygen atoms in total. The standard InChI is InChI=1S/C26H20N4O3S/c1-27-23-22(19-9-6-10-21(15-19)33-2)29-26(30-25(23)32)34-16-17-11-13-20(14-12-17)28-24(31)18-7-4-3-5-8-18/h3-15H,16H2,2H3,(H,28,31)(H,29,30,32). The number of benzene rings is 3. The number of aromatic nitrogens is 2. The van der Waals surface area contributed by atoms with Crippen LogP contribution in [-0.2, 0) is 5.75 Å². The van der Waals surface area contributed by atoms with E-state index in [1.807, 2.05) is 42.5 Å². The lowest BCUT2D eigenvalue weighted by molar-refractivity contribution is 0.102. The van der Waals surface area contributed by atoms with Crippen LogP contribution >= 0.6 is 11.8 Å². The number of amides is 1. The van der Waals surface area contributed by atoms with E-state index in [1.54, 1.807) is 43.5 Å².